The number of ether oxygens (including phenoxy) is 1. The van der Waals surface area contributed by atoms with E-state index in [0.717, 1.165) is 58.5 Å². The fourth-order valence-electron chi connectivity index (χ4n) is 4.38. The molecule has 26 heavy (non-hydrogen) atoms. The molecule has 0 atom stereocenters. The van der Waals surface area contributed by atoms with Gasteiger partial charge in [0.15, 0.2) is 0 Å². The number of benzene rings is 1. The van der Waals surface area contributed by atoms with E-state index in [4.69, 9.17) is 4.74 Å². The zero-order valence-electron chi connectivity index (χ0n) is 16.3. The zero-order valence-corrected chi connectivity index (χ0v) is 16.3. The topological polar surface area (TPSA) is 44.8 Å². The number of nitrogens with one attached hydrogen (secondary N) is 1. The van der Waals surface area contributed by atoms with Crippen molar-refractivity contribution in [2.24, 2.45) is 0 Å². The summed E-state index contributed by atoms with van der Waals surface area (Å²) in [5.41, 5.74) is 2.16. The largest absolute Gasteiger partial charge is 0.379 e. The second-order valence-electron chi connectivity index (χ2n) is 7.88. The van der Waals surface area contributed by atoms with Crippen LogP contribution in [0, 0.1) is 0 Å². The summed E-state index contributed by atoms with van der Waals surface area (Å²) in [5, 5.41) is 3.28. The molecule has 144 valence electrons. The molecule has 1 amide bonds. The van der Waals surface area contributed by atoms with Gasteiger partial charge in [-0.3, -0.25) is 9.69 Å². The minimum atomic E-state index is -0.335. The number of nitrogens with zero attached hydrogens (tertiary/aromatic N) is 2. The van der Waals surface area contributed by atoms with Crippen LogP contribution in [-0.2, 0) is 22.6 Å². The van der Waals surface area contributed by atoms with E-state index in [2.05, 4.69) is 53.5 Å². The van der Waals surface area contributed by atoms with Crippen LogP contribution in [0.2, 0.25) is 0 Å². The van der Waals surface area contributed by atoms with Crippen molar-refractivity contribution in [3.8, 4) is 0 Å². The average molecular weight is 360 g/mol. The third-order valence-electron chi connectivity index (χ3n) is 5.76. The first-order chi connectivity index (χ1) is 12.6. The lowest BCUT2D eigenvalue weighted by atomic mass is 9.79. The van der Waals surface area contributed by atoms with E-state index >= 15 is 0 Å². The lowest BCUT2D eigenvalue weighted by Crippen LogP contribution is -2.62. The molecule has 1 saturated carbocycles. The Morgan fingerprint density at radius 3 is 2.42 bits per heavy atom. The van der Waals surface area contributed by atoms with Crippen LogP contribution in [0.4, 0.5) is 0 Å². The van der Waals surface area contributed by atoms with Crippen molar-refractivity contribution in [2.75, 3.05) is 40.4 Å². The van der Waals surface area contributed by atoms with Gasteiger partial charge >= 0.3 is 0 Å². The third kappa shape index (κ3) is 4.45. The Balaban J connectivity index is 1.70. The van der Waals surface area contributed by atoms with E-state index in [1.54, 1.807) is 0 Å². The number of carbonyl (C=O) groups excluding carboxylic acids is 1. The Morgan fingerprint density at radius 2 is 1.77 bits per heavy atom. The fraction of sp³-hybridized carbons (Fsp3) is 0.667. The molecule has 1 aliphatic heterocycles. The molecule has 5 nitrogen and oxygen atoms in total. The van der Waals surface area contributed by atoms with Crippen molar-refractivity contribution >= 4 is 5.91 Å². The maximum atomic E-state index is 13.3. The Bertz CT molecular complexity index is 591. The summed E-state index contributed by atoms with van der Waals surface area (Å²) in [4.78, 5) is 17.9. The highest BCUT2D eigenvalue weighted by molar-refractivity contribution is 5.86. The van der Waals surface area contributed by atoms with Crippen LogP contribution in [0.15, 0.2) is 24.3 Å². The molecule has 0 aromatic heterocycles. The standard InChI is InChI=1S/C21H33N3O2/c1-23(2)17-19-9-5-4-8-18(19)16-22-20(25)21(10-6-3-7-11-21)24-12-14-26-15-13-24/h4-5,8-9H,3,6-7,10-17H2,1-2H3,(H,22,25). The number of morpholine rings is 1. The number of rotatable bonds is 6. The number of amides is 1. The van der Waals surface area contributed by atoms with Crippen LogP contribution in [0.1, 0.15) is 43.2 Å². The minimum Gasteiger partial charge on any atom is -0.379 e. The van der Waals surface area contributed by atoms with E-state index in [1.165, 1.54) is 17.5 Å². The van der Waals surface area contributed by atoms with Gasteiger partial charge < -0.3 is 15.0 Å². The molecule has 1 saturated heterocycles. The monoisotopic (exact) mass is 359 g/mol. The molecule has 5 heteroatoms. The number of hydrogen-bond donors (Lipinski definition) is 1. The van der Waals surface area contributed by atoms with Crippen molar-refractivity contribution in [3.63, 3.8) is 0 Å². The SMILES string of the molecule is CN(C)Cc1ccccc1CNC(=O)C1(N2CCOCC2)CCCCC1. The summed E-state index contributed by atoms with van der Waals surface area (Å²) in [7, 11) is 4.15. The molecule has 0 bridgehead atoms. The molecular formula is C21H33N3O2. The highest BCUT2D eigenvalue weighted by Gasteiger charge is 2.44. The van der Waals surface area contributed by atoms with Crippen molar-refractivity contribution in [1.29, 1.82) is 0 Å². The van der Waals surface area contributed by atoms with Gasteiger partial charge in [-0.15, -0.1) is 0 Å². The van der Waals surface area contributed by atoms with Crippen LogP contribution in [-0.4, -0.2) is 61.6 Å². The highest BCUT2D eigenvalue weighted by atomic mass is 16.5. The molecular weight excluding hydrogens is 326 g/mol. The summed E-state index contributed by atoms with van der Waals surface area (Å²) in [6.45, 7) is 4.70. The number of carbonyl (C=O) groups is 1. The van der Waals surface area contributed by atoms with Gasteiger partial charge in [0.1, 0.15) is 5.54 Å². The summed E-state index contributed by atoms with van der Waals surface area (Å²) in [6.07, 6.45) is 5.46. The van der Waals surface area contributed by atoms with Gasteiger partial charge in [-0.1, -0.05) is 43.5 Å². The predicted octanol–water partition coefficient (Wildman–Crippen LogP) is 2.40. The van der Waals surface area contributed by atoms with Crippen LogP contribution < -0.4 is 5.32 Å². The Morgan fingerprint density at radius 1 is 1.12 bits per heavy atom. The molecule has 0 spiro atoms. The van der Waals surface area contributed by atoms with Crippen molar-refractivity contribution in [2.45, 2.75) is 50.7 Å². The van der Waals surface area contributed by atoms with Gasteiger partial charge in [0.2, 0.25) is 5.91 Å². The summed E-state index contributed by atoms with van der Waals surface area (Å²) in [6, 6.07) is 8.40. The molecule has 2 aliphatic rings. The molecule has 1 heterocycles. The van der Waals surface area contributed by atoms with Gasteiger partial charge in [0, 0.05) is 26.2 Å². The second kappa shape index (κ2) is 8.98. The summed E-state index contributed by atoms with van der Waals surface area (Å²) >= 11 is 0. The van der Waals surface area contributed by atoms with Crippen molar-refractivity contribution in [3.05, 3.63) is 35.4 Å². The van der Waals surface area contributed by atoms with E-state index in [0.29, 0.717) is 6.54 Å². The maximum absolute atomic E-state index is 13.3. The van der Waals surface area contributed by atoms with E-state index in [1.807, 2.05) is 0 Å². The van der Waals surface area contributed by atoms with Crippen LogP contribution in [0.25, 0.3) is 0 Å². The summed E-state index contributed by atoms with van der Waals surface area (Å²) < 4.78 is 5.52. The first-order valence-corrected chi connectivity index (χ1v) is 9.94. The predicted molar refractivity (Wildman–Crippen MR) is 104 cm³/mol. The molecule has 1 aromatic rings. The van der Waals surface area contributed by atoms with Crippen LogP contribution >= 0.6 is 0 Å². The summed E-state index contributed by atoms with van der Waals surface area (Å²) in [5.74, 6) is 0.207. The van der Waals surface area contributed by atoms with Gasteiger partial charge in [0.05, 0.1) is 13.2 Å². The van der Waals surface area contributed by atoms with E-state index in [-0.39, 0.29) is 11.4 Å². The number of hydrogen-bond acceptors (Lipinski definition) is 4. The second-order valence-corrected chi connectivity index (χ2v) is 7.88. The van der Waals surface area contributed by atoms with E-state index in [9.17, 15) is 4.79 Å². The lowest BCUT2D eigenvalue weighted by Gasteiger charge is -2.46. The average Bonchev–Trinajstić information content (AvgIpc) is 2.68. The lowest BCUT2D eigenvalue weighted by molar-refractivity contribution is -0.140. The zero-order chi connectivity index (χ0) is 18.4. The van der Waals surface area contributed by atoms with Crippen LogP contribution in [0.5, 0.6) is 0 Å². The van der Waals surface area contributed by atoms with Crippen molar-refractivity contribution < 1.29 is 9.53 Å². The molecule has 2 fully saturated rings. The van der Waals surface area contributed by atoms with Crippen LogP contribution in [0.3, 0.4) is 0 Å². The highest BCUT2D eigenvalue weighted by Crippen LogP contribution is 2.34. The Kier molecular flexibility index (Phi) is 6.68. The minimum absolute atomic E-state index is 0.207. The Labute approximate surface area is 157 Å². The molecule has 0 unspecified atom stereocenters. The Hall–Kier alpha value is -1.43. The molecule has 3 rings (SSSR count). The van der Waals surface area contributed by atoms with Crippen molar-refractivity contribution in [1.82, 2.24) is 15.1 Å². The smallest absolute Gasteiger partial charge is 0.240 e. The van der Waals surface area contributed by atoms with Gasteiger partial charge in [-0.2, -0.15) is 0 Å². The molecule has 0 radical (unpaired) electrons. The third-order valence-corrected chi connectivity index (χ3v) is 5.76. The fourth-order valence-corrected chi connectivity index (χ4v) is 4.38. The van der Waals surface area contributed by atoms with Gasteiger partial charge in [-0.25, -0.2) is 0 Å². The molecule has 1 N–H and O–H groups in total. The first-order valence-electron chi connectivity index (χ1n) is 9.94. The van der Waals surface area contributed by atoms with E-state index < -0.39 is 0 Å². The van der Waals surface area contributed by atoms with Gasteiger partial charge in [-0.05, 0) is 38.1 Å². The van der Waals surface area contributed by atoms with Gasteiger partial charge in [0.25, 0.3) is 0 Å². The maximum Gasteiger partial charge on any atom is 0.240 e. The normalized spacial score (nSPS) is 20.9. The molecule has 1 aromatic carbocycles. The quantitative estimate of drug-likeness (QED) is 0.847. The molecule has 1 aliphatic carbocycles. The first kappa shape index (κ1) is 19.3.